The Labute approximate surface area is 323 Å². The summed E-state index contributed by atoms with van der Waals surface area (Å²) in [7, 11) is 0. The van der Waals surface area contributed by atoms with Crippen molar-refractivity contribution in [1.82, 2.24) is 0 Å². The van der Waals surface area contributed by atoms with Gasteiger partial charge in [-0.15, -0.1) is 0 Å². The van der Waals surface area contributed by atoms with Gasteiger partial charge in [0, 0.05) is 10.8 Å². The van der Waals surface area contributed by atoms with Crippen molar-refractivity contribution >= 4 is 32.3 Å². The summed E-state index contributed by atoms with van der Waals surface area (Å²) in [5.41, 5.74) is 17.3. The fourth-order valence-electron chi connectivity index (χ4n) is 13.9. The molecule has 0 amide bonds. The third-order valence-corrected chi connectivity index (χ3v) is 15.6. The van der Waals surface area contributed by atoms with Crippen molar-refractivity contribution in [2.24, 2.45) is 23.7 Å². The van der Waals surface area contributed by atoms with Gasteiger partial charge in [-0.1, -0.05) is 153 Å². The molecule has 0 heterocycles. The number of fused-ring (bicyclic) bond motifs is 10. The van der Waals surface area contributed by atoms with Gasteiger partial charge in [0.15, 0.2) is 0 Å². The molecular weight excluding hydrogens is 661 g/mol. The second kappa shape index (κ2) is 10.6. The lowest BCUT2D eigenvalue weighted by atomic mass is 9.43. The Hall–Kier alpha value is -5.46. The van der Waals surface area contributed by atoms with Crippen molar-refractivity contribution in [3.8, 4) is 44.5 Å². The van der Waals surface area contributed by atoms with Gasteiger partial charge in [-0.3, -0.25) is 0 Å². The van der Waals surface area contributed by atoms with Crippen molar-refractivity contribution in [2.75, 3.05) is 0 Å². The first kappa shape index (κ1) is 30.8. The monoisotopic (exact) mass is 704 g/mol. The standard InChI is InChI=1S/C55H44/c1-54(2)48-21-10-9-14-39(48)44-19-11-20-46(52(44)54)51-42-17-7-5-15-40(42)50(41-16-6-8-18-43(41)51)35-23-25-49-47(31-35)45-24-22-34-12-3-4-13-38(34)53(45)55(49)36-27-32-26-33(29-36)30-37(55)28-32/h3-25,31-33,36-37H,26-30H2,1-2H3. The fraction of sp³-hybridized carbons (Fsp3) is 0.236. The Morgan fingerprint density at radius 2 is 0.964 bits per heavy atom. The molecule has 4 bridgehead atoms. The predicted molar refractivity (Wildman–Crippen MR) is 231 cm³/mol. The molecule has 0 atom stereocenters. The first-order valence-electron chi connectivity index (χ1n) is 20.9. The Balaban J connectivity index is 1.08. The molecule has 4 fully saturated rings. The summed E-state index contributed by atoms with van der Waals surface area (Å²) in [6.07, 6.45) is 7.08. The Bertz CT molecular complexity index is 2890. The maximum absolute atomic E-state index is 2.62. The topological polar surface area (TPSA) is 0 Å². The van der Waals surface area contributed by atoms with Crippen LogP contribution in [0.15, 0.2) is 146 Å². The van der Waals surface area contributed by atoms with Gasteiger partial charge in [-0.05, 0) is 161 Å². The molecule has 0 aromatic heterocycles. The molecule has 6 aliphatic carbocycles. The van der Waals surface area contributed by atoms with Gasteiger partial charge in [0.1, 0.15) is 0 Å². The van der Waals surface area contributed by atoms with Gasteiger partial charge < -0.3 is 0 Å². The molecule has 8 aromatic carbocycles. The van der Waals surface area contributed by atoms with E-state index in [1.54, 1.807) is 11.1 Å². The Kier molecular flexibility index (Phi) is 5.96. The minimum Gasteiger partial charge on any atom is -0.0619 e. The highest BCUT2D eigenvalue weighted by Gasteiger charge is 2.62. The molecule has 0 saturated heterocycles. The molecule has 1 spiro atoms. The number of hydrogen-bond donors (Lipinski definition) is 0. The van der Waals surface area contributed by atoms with Crippen molar-refractivity contribution in [3.63, 3.8) is 0 Å². The highest BCUT2D eigenvalue weighted by molar-refractivity contribution is 6.22. The van der Waals surface area contributed by atoms with Crippen molar-refractivity contribution < 1.29 is 0 Å². The lowest BCUT2D eigenvalue weighted by Crippen LogP contribution is -2.55. The van der Waals surface area contributed by atoms with Crippen LogP contribution in [0.1, 0.15) is 68.2 Å². The zero-order valence-corrected chi connectivity index (χ0v) is 31.7. The molecule has 14 rings (SSSR count). The molecule has 4 saturated carbocycles. The largest absolute Gasteiger partial charge is 0.0619 e. The third kappa shape index (κ3) is 3.79. The summed E-state index contributed by atoms with van der Waals surface area (Å²) in [5, 5.41) is 8.23. The van der Waals surface area contributed by atoms with Crippen LogP contribution >= 0.6 is 0 Å². The first-order chi connectivity index (χ1) is 27.0. The summed E-state index contributed by atoms with van der Waals surface area (Å²) >= 11 is 0. The Morgan fingerprint density at radius 3 is 1.67 bits per heavy atom. The third-order valence-electron chi connectivity index (χ3n) is 15.6. The van der Waals surface area contributed by atoms with E-state index in [0.29, 0.717) is 0 Å². The zero-order valence-electron chi connectivity index (χ0n) is 31.7. The minimum atomic E-state index is -0.102. The average Bonchev–Trinajstić information content (AvgIpc) is 3.64. The SMILES string of the molecule is CC1(C)c2ccccc2-c2cccc(-c3c4ccccc4c(-c4ccc5c(c4)-c4ccc6ccccc6c4C54C5CC6CC(C5)CC4C6)c4ccccc34)c21. The lowest BCUT2D eigenvalue weighted by Gasteiger charge is -2.61. The van der Waals surface area contributed by atoms with Gasteiger partial charge in [-0.2, -0.15) is 0 Å². The van der Waals surface area contributed by atoms with Crippen LogP contribution in [0.4, 0.5) is 0 Å². The van der Waals surface area contributed by atoms with Crippen LogP contribution in [0, 0.1) is 23.7 Å². The van der Waals surface area contributed by atoms with E-state index in [-0.39, 0.29) is 10.8 Å². The molecule has 0 aliphatic heterocycles. The van der Waals surface area contributed by atoms with Gasteiger partial charge in [0.25, 0.3) is 0 Å². The number of rotatable bonds is 2. The highest BCUT2D eigenvalue weighted by Crippen LogP contribution is 2.70. The lowest BCUT2D eigenvalue weighted by molar-refractivity contribution is -0.0393. The first-order valence-corrected chi connectivity index (χ1v) is 20.9. The van der Waals surface area contributed by atoms with Crippen LogP contribution in [-0.4, -0.2) is 0 Å². The van der Waals surface area contributed by atoms with Crippen LogP contribution in [0.5, 0.6) is 0 Å². The molecule has 0 nitrogen and oxygen atoms in total. The Morgan fingerprint density at radius 1 is 0.400 bits per heavy atom. The van der Waals surface area contributed by atoms with E-state index >= 15 is 0 Å². The zero-order chi connectivity index (χ0) is 36.2. The highest BCUT2D eigenvalue weighted by atomic mass is 14.6. The predicted octanol–water partition coefficient (Wildman–Crippen LogP) is 14.5. The molecule has 0 N–H and O–H groups in total. The summed E-state index contributed by atoms with van der Waals surface area (Å²) in [5.74, 6) is 3.34. The second-order valence-electron chi connectivity index (χ2n) is 18.4. The van der Waals surface area contributed by atoms with Crippen LogP contribution in [-0.2, 0) is 10.8 Å². The van der Waals surface area contributed by atoms with Crippen LogP contribution in [0.3, 0.4) is 0 Å². The molecule has 0 heteroatoms. The van der Waals surface area contributed by atoms with Gasteiger partial charge in [0.05, 0.1) is 0 Å². The van der Waals surface area contributed by atoms with Crippen LogP contribution in [0.25, 0.3) is 76.8 Å². The quantitative estimate of drug-likeness (QED) is 0.157. The van der Waals surface area contributed by atoms with E-state index in [2.05, 4.69) is 159 Å². The van der Waals surface area contributed by atoms with Crippen molar-refractivity contribution in [1.29, 1.82) is 0 Å². The number of benzene rings is 8. The van der Waals surface area contributed by atoms with E-state index in [1.807, 2.05) is 0 Å². The normalized spacial score (nSPS) is 24.8. The van der Waals surface area contributed by atoms with Crippen molar-refractivity contribution in [2.45, 2.75) is 56.8 Å². The van der Waals surface area contributed by atoms with E-state index in [0.717, 1.165) is 23.7 Å². The van der Waals surface area contributed by atoms with E-state index < -0.39 is 0 Å². The molecule has 6 aliphatic rings. The smallest absolute Gasteiger partial charge is 0.0278 e. The van der Waals surface area contributed by atoms with Gasteiger partial charge in [0.2, 0.25) is 0 Å². The van der Waals surface area contributed by atoms with E-state index in [1.165, 1.54) is 120 Å². The average molecular weight is 705 g/mol. The maximum atomic E-state index is 2.62. The molecule has 0 unspecified atom stereocenters. The molecule has 0 radical (unpaired) electrons. The van der Waals surface area contributed by atoms with Gasteiger partial charge in [-0.25, -0.2) is 0 Å². The summed E-state index contributed by atoms with van der Waals surface area (Å²) in [6, 6.07) is 56.5. The van der Waals surface area contributed by atoms with Crippen molar-refractivity contribution in [3.05, 3.63) is 168 Å². The van der Waals surface area contributed by atoms with Crippen LogP contribution in [0.2, 0.25) is 0 Å². The molecule has 264 valence electrons. The minimum absolute atomic E-state index is 0.102. The molecule has 8 aromatic rings. The summed E-state index contributed by atoms with van der Waals surface area (Å²) < 4.78 is 0. The second-order valence-corrected chi connectivity index (χ2v) is 18.4. The van der Waals surface area contributed by atoms with Gasteiger partial charge >= 0.3 is 0 Å². The van der Waals surface area contributed by atoms with E-state index in [4.69, 9.17) is 0 Å². The molecular formula is C55H44. The maximum Gasteiger partial charge on any atom is 0.0278 e. The summed E-state index contributed by atoms with van der Waals surface area (Å²) in [4.78, 5) is 0. The number of hydrogen-bond acceptors (Lipinski definition) is 0. The fourth-order valence-corrected chi connectivity index (χ4v) is 13.9. The molecule has 55 heavy (non-hydrogen) atoms. The van der Waals surface area contributed by atoms with E-state index in [9.17, 15) is 0 Å². The van der Waals surface area contributed by atoms with Crippen LogP contribution < -0.4 is 0 Å². The summed E-state index contributed by atoms with van der Waals surface area (Å²) in [6.45, 7) is 4.84.